The fraction of sp³-hybridized carbons (Fsp3) is 0.0417. The molecule has 1 aromatic heterocycles. The van der Waals surface area contributed by atoms with Gasteiger partial charge in [0.1, 0.15) is 23.7 Å². The number of nitrogens with one attached hydrogen (secondary N) is 2. The molecule has 0 saturated carbocycles. The van der Waals surface area contributed by atoms with Gasteiger partial charge in [-0.05, 0) is 48.5 Å². The molecule has 0 bridgehead atoms. The van der Waals surface area contributed by atoms with Gasteiger partial charge in [0.25, 0.3) is 5.91 Å². The van der Waals surface area contributed by atoms with Crippen molar-refractivity contribution in [1.29, 1.82) is 0 Å². The Morgan fingerprint density at radius 3 is 2.59 bits per heavy atom. The average molecular weight is 449 g/mol. The standard InChI is InChI=1S/C24H18ClFN4O2/c1-32-22-9-8-19(12-20(22)25)30-24(31)16-5-3-7-18(11-16)29-23-13-21(27-14-28-23)15-4-2-6-17(26)10-15/h2-14H,1H3,(H,30,31)(H,27,28,29). The molecule has 4 aromatic rings. The minimum Gasteiger partial charge on any atom is -0.495 e. The monoisotopic (exact) mass is 448 g/mol. The SMILES string of the molecule is COc1ccc(NC(=O)c2cccc(Nc3cc(-c4cccc(F)c4)ncn3)c2)cc1Cl. The molecule has 0 radical (unpaired) electrons. The van der Waals surface area contributed by atoms with Crippen LogP contribution < -0.4 is 15.4 Å². The van der Waals surface area contributed by atoms with Crippen LogP contribution in [0.2, 0.25) is 5.02 Å². The fourth-order valence-electron chi connectivity index (χ4n) is 3.06. The first-order chi connectivity index (χ1) is 15.5. The van der Waals surface area contributed by atoms with Crippen molar-refractivity contribution >= 4 is 34.7 Å². The van der Waals surface area contributed by atoms with Gasteiger partial charge in [-0.2, -0.15) is 0 Å². The average Bonchev–Trinajstić information content (AvgIpc) is 2.79. The summed E-state index contributed by atoms with van der Waals surface area (Å²) in [6.07, 6.45) is 1.40. The van der Waals surface area contributed by atoms with Gasteiger partial charge >= 0.3 is 0 Å². The number of halogens is 2. The molecule has 0 atom stereocenters. The number of aromatic nitrogens is 2. The summed E-state index contributed by atoms with van der Waals surface area (Å²) in [5.74, 6) is 0.405. The highest BCUT2D eigenvalue weighted by atomic mass is 35.5. The maximum atomic E-state index is 13.5. The van der Waals surface area contributed by atoms with Crippen LogP contribution in [0.4, 0.5) is 21.6 Å². The van der Waals surface area contributed by atoms with E-state index in [0.29, 0.717) is 44.8 Å². The maximum absolute atomic E-state index is 13.5. The summed E-state index contributed by atoms with van der Waals surface area (Å²) in [6, 6.07) is 19.9. The van der Waals surface area contributed by atoms with E-state index in [1.165, 1.54) is 25.6 Å². The van der Waals surface area contributed by atoms with Gasteiger partial charge in [0.2, 0.25) is 0 Å². The van der Waals surface area contributed by atoms with Crippen LogP contribution in [-0.4, -0.2) is 23.0 Å². The Morgan fingerprint density at radius 2 is 1.81 bits per heavy atom. The van der Waals surface area contributed by atoms with Crippen molar-refractivity contribution in [3.63, 3.8) is 0 Å². The maximum Gasteiger partial charge on any atom is 0.255 e. The zero-order valence-corrected chi connectivity index (χ0v) is 17.7. The molecule has 0 aliphatic rings. The van der Waals surface area contributed by atoms with E-state index in [1.807, 2.05) is 6.07 Å². The lowest BCUT2D eigenvalue weighted by atomic mass is 10.1. The highest BCUT2D eigenvalue weighted by Crippen LogP contribution is 2.28. The first kappa shape index (κ1) is 21.3. The third kappa shape index (κ3) is 5.01. The number of ether oxygens (including phenoxy) is 1. The van der Waals surface area contributed by atoms with Crippen LogP contribution in [0.3, 0.4) is 0 Å². The summed E-state index contributed by atoms with van der Waals surface area (Å²) in [5, 5.41) is 6.36. The molecule has 3 aromatic carbocycles. The molecule has 0 saturated heterocycles. The predicted octanol–water partition coefficient (Wildman–Crippen LogP) is 5.94. The van der Waals surface area contributed by atoms with Crippen molar-refractivity contribution in [3.8, 4) is 17.0 Å². The smallest absolute Gasteiger partial charge is 0.255 e. The first-order valence-corrected chi connectivity index (χ1v) is 9.99. The Bertz CT molecular complexity index is 1280. The number of hydrogen-bond donors (Lipinski definition) is 2. The van der Waals surface area contributed by atoms with Gasteiger partial charge in [0, 0.05) is 28.6 Å². The number of methoxy groups -OCH3 is 1. The Hall–Kier alpha value is -3.97. The lowest BCUT2D eigenvalue weighted by molar-refractivity contribution is 0.102. The third-order valence-corrected chi connectivity index (χ3v) is 4.89. The fourth-order valence-corrected chi connectivity index (χ4v) is 3.32. The zero-order valence-electron chi connectivity index (χ0n) is 17.0. The first-order valence-electron chi connectivity index (χ1n) is 9.62. The summed E-state index contributed by atoms with van der Waals surface area (Å²) >= 11 is 6.12. The molecular weight excluding hydrogens is 431 g/mol. The quantitative estimate of drug-likeness (QED) is 0.381. The number of rotatable bonds is 6. The molecule has 0 aliphatic heterocycles. The van der Waals surface area contributed by atoms with Crippen molar-refractivity contribution in [2.75, 3.05) is 17.7 Å². The van der Waals surface area contributed by atoms with Gasteiger partial charge in [-0.25, -0.2) is 14.4 Å². The van der Waals surface area contributed by atoms with Crippen LogP contribution >= 0.6 is 11.6 Å². The van der Waals surface area contributed by atoms with Gasteiger partial charge in [-0.1, -0.05) is 29.8 Å². The number of carbonyl (C=O) groups excluding carboxylic acids is 1. The molecule has 1 heterocycles. The number of amides is 1. The molecule has 0 spiro atoms. The van der Waals surface area contributed by atoms with Crippen LogP contribution in [0.25, 0.3) is 11.3 Å². The molecule has 2 N–H and O–H groups in total. The van der Waals surface area contributed by atoms with Gasteiger partial charge in [0.05, 0.1) is 17.8 Å². The van der Waals surface area contributed by atoms with E-state index in [-0.39, 0.29) is 11.7 Å². The molecule has 0 fully saturated rings. The van der Waals surface area contributed by atoms with Crippen molar-refractivity contribution in [2.24, 2.45) is 0 Å². The highest BCUT2D eigenvalue weighted by molar-refractivity contribution is 6.32. The Balaban J connectivity index is 1.50. The van der Waals surface area contributed by atoms with Gasteiger partial charge in [-0.3, -0.25) is 4.79 Å². The number of benzene rings is 3. The normalized spacial score (nSPS) is 10.5. The molecule has 4 rings (SSSR count). The second-order valence-electron chi connectivity index (χ2n) is 6.81. The predicted molar refractivity (Wildman–Crippen MR) is 123 cm³/mol. The molecule has 0 aliphatic carbocycles. The molecular formula is C24H18ClFN4O2. The summed E-state index contributed by atoms with van der Waals surface area (Å²) in [4.78, 5) is 21.1. The van der Waals surface area contributed by atoms with E-state index in [9.17, 15) is 9.18 Å². The third-order valence-electron chi connectivity index (χ3n) is 4.59. The van der Waals surface area contributed by atoms with Crippen molar-refractivity contribution in [1.82, 2.24) is 9.97 Å². The van der Waals surface area contributed by atoms with Crippen LogP contribution in [0.1, 0.15) is 10.4 Å². The summed E-state index contributed by atoms with van der Waals surface area (Å²) in [7, 11) is 1.52. The molecule has 0 unspecified atom stereocenters. The van der Waals surface area contributed by atoms with Crippen molar-refractivity contribution in [3.05, 3.63) is 95.5 Å². The largest absolute Gasteiger partial charge is 0.495 e. The number of anilines is 3. The minimum absolute atomic E-state index is 0.293. The Morgan fingerprint density at radius 1 is 0.969 bits per heavy atom. The Kier molecular flexibility index (Phi) is 6.28. The van der Waals surface area contributed by atoms with E-state index in [0.717, 1.165) is 0 Å². The molecule has 6 nitrogen and oxygen atoms in total. The van der Waals surface area contributed by atoms with E-state index < -0.39 is 0 Å². The van der Waals surface area contributed by atoms with Gasteiger partial charge in [0.15, 0.2) is 0 Å². The lowest BCUT2D eigenvalue weighted by Crippen LogP contribution is -2.12. The summed E-state index contributed by atoms with van der Waals surface area (Å²) in [5.41, 5.74) is 2.87. The number of nitrogens with zero attached hydrogens (tertiary/aromatic N) is 2. The second kappa shape index (κ2) is 9.45. The highest BCUT2D eigenvalue weighted by Gasteiger charge is 2.10. The second-order valence-corrected chi connectivity index (χ2v) is 7.22. The van der Waals surface area contributed by atoms with Crippen LogP contribution in [0, 0.1) is 5.82 Å². The molecule has 8 heteroatoms. The van der Waals surface area contributed by atoms with Crippen LogP contribution in [0.15, 0.2) is 79.1 Å². The molecule has 160 valence electrons. The number of carbonyl (C=O) groups is 1. The molecule has 1 amide bonds. The van der Waals surface area contributed by atoms with Crippen LogP contribution in [0.5, 0.6) is 5.75 Å². The summed E-state index contributed by atoms with van der Waals surface area (Å²) < 4.78 is 18.6. The number of hydrogen-bond acceptors (Lipinski definition) is 5. The molecule has 32 heavy (non-hydrogen) atoms. The van der Waals surface area contributed by atoms with Crippen molar-refractivity contribution < 1.29 is 13.9 Å². The Labute approximate surface area is 189 Å². The van der Waals surface area contributed by atoms with E-state index in [4.69, 9.17) is 16.3 Å². The van der Waals surface area contributed by atoms with Gasteiger partial charge < -0.3 is 15.4 Å². The van der Waals surface area contributed by atoms with E-state index in [1.54, 1.807) is 54.6 Å². The van der Waals surface area contributed by atoms with Crippen molar-refractivity contribution in [2.45, 2.75) is 0 Å². The van der Waals surface area contributed by atoms with E-state index in [2.05, 4.69) is 20.6 Å². The summed E-state index contributed by atoms with van der Waals surface area (Å²) in [6.45, 7) is 0. The topological polar surface area (TPSA) is 76.1 Å². The van der Waals surface area contributed by atoms with E-state index >= 15 is 0 Å². The zero-order chi connectivity index (χ0) is 22.5. The van der Waals surface area contributed by atoms with Gasteiger partial charge in [-0.15, -0.1) is 0 Å². The minimum atomic E-state index is -0.340. The van der Waals surface area contributed by atoms with Crippen LogP contribution in [-0.2, 0) is 0 Å². The lowest BCUT2D eigenvalue weighted by Gasteiger charge is -2.10.